The number of halogens is 1. The van der Waals surface area contributed by atoms with Crippen molar-refractivity contribution in [1.82, 2.24) is 20.2 Å². The minimum Gasteiger partial charge on any atom is -0.364 e. The van der Waals surface area contributed by atoms with Crippen LogP contribution in [0.4, 0.5) is 15.9 Å². The van der Waals surface area contributed by atoms with Crippen LogP contribution in [0.25, 0.3) is 0 Å². The Balaban J connectivity index is 2.39. The molecule has 2 aromatic heterocycles. The fraction of sp³-hybridized carbons (Fsp3) is 0.100. The van der Waals surface area contributed by atoms with Crippen LogP contribution in [0.3, 0.4) is 0 Å². The van der Waals surface area contributed by atoms with Crippen molar-refractivity contribution in [1.29, 1.82) is 0 Å². The summed E-state index contributed by atoms with van der Waals surface area (Å²) in [6.07, 6.45) is 4.20. The molecule has 0 radical (unpaired) electrons. The van der Waals surface area contributed by atoms with Crippen molar-refractivity contribution in [3.8, 4) is 0 Å². The SMILES string of the molecule is CSc1nnc(C(N)=O)c(Nc2cncc(F)c2)n1. The van der Waals surface area contributed by atoms with Crippen molar-refractivity contribution in [3.63, 3.8) is 0 Å². The van der Waals surface area contributed by atoms with Crippen LogP contribution in [0.5, 0.6) is 0 Å². The largest absolute Gasteiger partial charge is 0.364 e. The summed E-state index contributed by atoms with van der Waals surface area (Å²) in [6.45, 7) is 0. The maximum atomic E-state index is 13.0. The van der Waals surface area contributed by atoms with Gasteiger partial charge >= 0.3 is 0 Å². The highest BCUT2D eigenvalue weighted by molar-refractivity contribution is 7.98. The summed E-state index contributed by atoms with van der Waals surface area (Å²) in [4.78, 5) is 19.0. The molecule has 19 heavy (non-hydrogen) atoms. The molecule has 7 nitrogen and oxygen atoms in total. The quantitative estimate of drug-likeness (QED) is 0.803. The molecule has 0 saturated heterocycles. The minimum absolute atomic E-state index is 0.110. The predicted molar refractivity (Wildman–Crippen MR) is 67.6 cm³/mol. The average Bonchev–Trinajstić information content (AvgIpc) is 2.38. The van der Waals surface area contributed by atoms with E-state index in [1.165, 1.54) is 24.0 Å². The summed E-state index contributed by atoms with van der Waals surface area (Å²) in [5.74, 6) is -1.18. The van der Waals surface area contributed by atoms with Gasteiger partial charge in [-0.25, -0.2) is 9.37 Å². The van der Waals surface area contributed by atoms with Gasteiger partial charge in [-0.3, -0.25) is 9.78 Å². The van der Waals surface area contributed by atoms with E-state index in [4.69, 9.17) is 5.73 Å². The zero-order chi connectivity index (χ0) is 13.8. The van der Waals surface area contributed by atoms with Crippen molar-refractivity contribution in [2.75, 3.05) is 11.6 Å². The lowest BCUT2D eigenvalue weighted by atomic mass is 10.3. The van der Waals surface area contributed by atoms with E-state index in [9.17, 15) is 9.18 Å². The van der Waals surface area contributed by atoms with Crippen molar-refractivity contribution in [2.45, 2.75) is 5.16 Å². The third kappa shape index (κ3) is 3.13. The molecule has 1 amide bonds. The van der Waals surface area contributed by atoms with Gasteiger partial charge in [0.05, 0.1) is 18.1 Å². The first-order valence-electron chi connectivity index (χ1n) is 5.06. The van der Waals surface area contributed by atoms with Gasteiger partial charge in [-0.05, 0) is 6.26 Å². The number of rotatable bonds is 4. The lowest BCUT2D eigenvalue weighted by molar-refractivity contribution is 0.0995. The van der Waals surface area contributed by atoms with Gasteiger partial charge in [-0.15, -0.1) is 10.2 Å². The van der Waals surface area contributed by atoms with E-state index in [0.29, 0.717) is 10.8 Å². The van der Waals surface area contributed by atoms with E-state index >= 15 is 0 Å². The smallest absolute Gasteiger partial charge is 0.273 e. The first kappa shape index (κ1) is 13.1. The van der Waals surface area contributed by atoms with E-state index < -0.39 is 11.7 Å². The van der Waals surface area contributed by atoms with Gasteiger partial charge in [0.25, 0.3) is 5.91 Å². The Morgan fingerprint density at radius 1 is 1.42 bits per heavy atom. The number of nitrogens with two attached hydrogens (primary N) is 1. The normalized spacial score (nSPS) is 10.2. The third-order valence-electron chi connectivity index (χ3n) is 2.05. The topological polar surface area (TPSA) is 107 Å². The number of pyridine rings is 1. The molecule has 0 fully saturated rings. The highest BCUT2D eigenvalue weighted by Crippen LogP contribution is 2.19. The fourth-order valence-electron chi connectivity index (χ4n) is 1.27. The van der Waals surface area contributed by atoms with E-state index in [0.717, 1.165) is 6.20 Å². The number of amides is 1. The number of carbonyl (C=O) groups excluding carboxylic acids is 1. The highest BCUT2D eigenvalue weighted by Gasteiger charge is 2.14. The van der Waals surface area contributed by atoms with Crippen LogP contribution in [-0.2, 0) is 0 Å². The molecular formula is C10H9FN6OS. The fourth-order valence-corrected chi connectivity index (χ4v) is 1.57. The molecule has 0 atom stereocenters. The molecule has 2 aromatic rings. The van der Waals surface area contributed by atoms with Crippen LogP contribution in [0.2, 0.25) is 0 Å². The lowest BCUT2D eigenvalue weighted by Crippen LogP contribution is -2.17. The second kappa shape index (κ2) is 5.57. The molecule has 0 aliphatic carbocycles. The number of hydrogen-bond donors (Lipinski definition) is 2. The lowest BCUT2D eigenvalue weighted by Gasteiger charge is -2.08. The molecular weight excluding hydrogens is 271 g/mol. The number of nitrogens with one attached hydrogen (secondary N) is 1. The number of anilines is 2. The standard InChI is InChI=1S/C10H9FN6OS/c1-19-10-15-9(7(8(12)18)16-17-10)14-6-2-5(11)3-13-4-6/h2-4H,1H3,(H2,12,18)(H,14,15,17). The third-order valence-corrected chi connectivity index (χ3v) is 2.59. The van der Waals surface area contributed by atoms with Crippen LogP contribution in [0, 0.1) is 5.82 Å². The first-order valence-corrected chi connectivity index (χ1v) is 6.28. The van der Waals surface area contributed by atoms with E-state index in [1.54, 1.807) is 6.26 Å². The summed E-state index contributed by atoms with van der Waals surface area (Å²) in [6, 6.07) is 1.21. The van der Waals surface area contributed by atoms with Crippen molar-refractivity contribution < 1.29 is 9.18 Å². The monoisotopic (exact) mass is 280 g/mol. The molecule has 0 aromatic carbocycles. The summed E-state index contributed by atoms with van der Waals surface area (Å²) in [7, 11) is 0. The molecule has 0 aliphatic rings. The number of hydrogen-bond acceptors (Lipinski definition) is 7. The van der Waals surface area contributed by atoms with Gasteiger partial charge in [-0.1, -0.05) is 11.8 Å². The van der Waals surface area contributed by atoms with Gasteiger partial charge in [0.1, 0.15) is 5.82 Å². The molecule has 0 unspecified atom stereocenters. The van der Waals surface area contributed by atoms with Gasteiger partial charge in [0.2, 0.25) is 5.16 Å². The Labute approximate surface area is 111 Å². The van der Waals surface area contributed by atoms with Gasteiger partial charge in [-0.2, -0.15) is 0 Å². The van der Waals surface area contributed by atoms with Crippen molar-refractivity contribution in [3.05, 3.63) is 30.0 Å². The number of carbonyl (C=O) groups is 1. The average molecular weight is 280 g/mol. The molecule has 0 saturated carbocycles. The molecule has 3 N–H and O–H groups in total. The summed E-state index contributed by atoms with van der Waals surface area (Å²) >= 11 is 1.25. The highest BCUT2D eigenvalue weighted by atomic mass is 32.2. The van der Waals surface area contributed by atoms with Crippen molar-refractivity contribution >= 4 is 29.2 Å². The number of aromatic nitrogens is 4. The Kier molecular flexibility index (Phi) is 3.85. The second-order valence-corrected chi connectivity index (χ2v) is 4.15. The first-order chi connectivity index (χ1) is 9.10. The summed E-state index contributed by atoms with van der Waals surface area (Å²) in [5, 5.41) is 10.5. The molecule has 0 aliphatic heterocycles. The van der Waals surface area contributed by atoms with Crippen molar-refractivity contribution in [2.24, 2.45) is 5.73 Å². The number of nitrogens with zero attached hydrogens (tertiary/aromatic N) is 4. The van der Waals surface area contributed by atoms with Crippen LogP contribution in [0.1, 0.15) is 10.5 Å². The maximum absolute atomic E-state index is 13.0. The summed E-state index contributed by atoms with van der Waals surface area (Å²) < 4.78 is 13.0. The van der Waals surface area contributed by atoms with E-state index in [1.807, 2.05) is 0 Å². The van der Waals surface area contributed by atoms with Gasteiger partial charge in [0.15, 0.2) is 11.5 Å². The van der Waals surface area contributed by atoms with E-state index in [-0.39, 0.29) is 11.5 Å². The van der Waals surface area contributed by atoms with Crippen LogP contribution in [-0.4, -0.2) is 32.3 Å². The zero-order valence-corrected chi connectivity index (χ0v) is 10.6. The van der Waals surface area contributed by atoms with Crippen LogP contribution >= 0.6 is 11.8 Å². The molecule has 98 valence electrons. The molecule has 2 rings (SSSR count). The predicted octanol–water partition coefficient (Wildman–Crippen LogP) is 0.970. The molecule has 0 spiro atoms. The Morgan fingerprint density at radius 3 is 2.84 bits per heavy atom. The Morgan fingerprint density at radius 2 is 2.21 bits per heavy atom. The Bertz CT molecular complexity index is 623. The Hall–Kier alpha value is -2.29. The molecule has 9 heteroatoms. The molecule has 0 bridgehead atoms. The van der Waals surface area contributed by atoms with Crippen LogP contribution < -0.4 is 11.1 Å². The zero-order valence-electron chi connectivity index (χ0n) is 9.79. The maximum Gasteiger partial charge on any atom is 0.273 e. The number of primary amides is 1. The van der Waals surface area contributed by atoms with E-state index in [2.05, 4.69) is 25.5 Å². The summed E-state index contributed by atoms with van der Waals surface area (Å²) in [5.41, 5.74) is 5.38. The number of thioether (sulfide) groups is 1. The van der Waals surface area contributed by atoms with Gasteiger partial charge in [0, 0.05) is 6.07 Å². The second-order valence-electron chi connectivity index (χ2n) is 3.38. The minimum atomic E-state index is -0.778. The van der Waals surface area contributed by atoms with Crippen LogP contribution in [0.15, 0.2) is 23.6 Å². The van der Waals surface area contributed by atoms with Gasteiger partial charge < -0.3 is 11.1 Å². The molecule has 2 heterocycles.